The van der Waals surface area contributed by atoms with Gasteiger partial charge in [-0.15, -0.1) is 0 Å². The van der Waals surface area contributed by atoms with Crippen LogP contribution in [0.25, 0.3) is 0 Å². The summed E-state index contributed by atoms with van der Waals surface area (Å²) < 4.78 is 0. The number of pyridine rings is 1. The second kappa shape index (κ2) is 9.14. The third kappa shape index (κ3) is 6.38. The molecule has 4 N–H and O–H groups in total. The van der Waals surface area contributed by atoms with Crippen molar-refractivity contribution in [2.45, 2.75) is 32.7 Å². The summed E-state index contributed by atoms with van der Waals surface area (Å²) in [6.45, 7) is 3.12. The van der Waals surface area contributed by atoms with Gasteiger partial charge in [0.1, 0.15) is 0 Å². The number of carbonyl (C=O) groups excluding carboxylic acids is 1. The highest BCUT2D eigenvalue weighted by Crippen LogP contribution is 2.12. The fourth-order valence-electron chi connectivity index (χ4n) is 1.53. The molecule has 0 bridgehead atoms. The van der Waals surface area contributed by atoms with E-state index in [0.29, 0.717) is 16.7 Å². The Morgan fingerprint density at radius 2 is 2.30 bits per heavy atom. The number of unbranched alkanes of at least 4 members (excludes halogenated alkanes) is 2. The molecule has 20 heavy (non-hydrogen) atoms. The Kier molecular flexibility index (Phi) is 7.42. The summed E-state index contributed by atoms with van der Waals surface area (Å²) in [5.74, 6) is 0.343. The maximum atomic E-state index is 10.9. The van der Waals surface area contributed by atoms with E-state index >= 15 is 0 Å². The van der Waals surface area contributed by atoms with Crippen molar-refractivity contribution in [3.05, 3.63) is 29.0 Å². The second-order valence-corrected chi connectivity index (χ2v) is 4.63. The molecule has 0 fully saturated rings. The molecule has 1 rings (SSSR count). The van der Waals surface area contributed by atoms with E-state index in [-0.39, 0.29) is 6.54 Å². The van der Waals surface area contributed by atoms with Gasteiger partial charge in [-0.05, 0) is 18.6 Å². The number of nitrogens with one attached hydrogen (secondary N) is 2. The van der Waals surface area contributed by atoms with E-state index in [1.807, 2.05) is 0 Å². The lowest BCUT2D eigenvalue weighted by Crippen LogP contribution is -2.44. The Labute approximate surface area is 123 Å². The average molecular weight is 298 g/mol. The largest absolute Gasteiger partial charge is 0.356 e. The summed E-state index contributed by atoms with van der Waals surface area (Å²) in [4.78, 5) is 19.3. The van der Waals surface area contributed by atoms with Gasteiger partial charge in [0.15, 0.2) is 5.96 Å². The molecular formula is C13H20ClN5O. The lowest BCUT2D eigenvalue weighted by Gasteiger charge is -2.10. The predicted octanol–water partition coefficient (Wildman–Crippen LogP) is 2.04. The number of hydrogen-bond donors (Lipinski definition) is 3. The first kappa shape index (κ1) is 16.2. The van der Waals surface area contributed by atoms with Crippen molar-refractivity contribution >= 4 is 23.6 Å². The Bertz CT molecular complexity index is 464. The zero-order chi connectivity index (χ0) is 14.8. The van der Waals surface area contributed by atoms with Gasteiger partial charge in [-0.25, -0.2) is 9.79 Å². The van der Waals surface area contributed by atoms with Crippen molar-refractivity contribution in [2.24, 2.45) is 10.7 Å². The highest BCUT2D eigenvalue weighted by atomic mass is 35.5. The molecule has 1 aromatic rings. The average Bonchev–Trinajstić information content (AvgIpc) is 2.41. The Morgan fingerprint density at radius 1 is 1.50 bits per heavy atom. The van der Waals surface area contributed by atoms with Crippen LogP contribution in [-0.4, -0.2) is 23.5 Å². The zero-order valence-corrected chi connectivity index (χ0v) is 12.3. The quantitative estimate of drug-likeness (QED) is 0.426. The first-order valence-corrected chi connectivity index (χ1v) is 6.95. The standard InChI is InChI=1S/C13H20ClN5O/c1-2-3-4-7-17-13(19-12(15)20)18-9-11-10(14)6-5-8-16-11/h5-6,8H,2-4,7,9H2,1H3,(H4,15,17,18,19,20). The molecule has 0 aliphatic carbocycles. The van der Waals surface area contributed by atoms with Crippen LogP contribution in [0.5, 0.6) is 0 Å². The van der Waals surface area contributed by atoms with Crippen molar-refractivity contribution in [3.63, 3.8) is 0 Å². The van der Waals surface area contributed by atoms with Crippen LogP contribution in [0.4, 0.5) is 4.79 Å². The lowest BCUT2D eigenvalue weighted by molar-refractivity contribution is 0.253. The topological polar surface area (TPSA) is 92.4 Å². The van der Waals surface area contributed by atoms with Crippen LogP contribution in [0.15, 0.2) is 23.3 Å². The summed E-state index contributed by atoms with van der Waals surface area (Å²) in [6, 6.07) is 2.84. The normalized spacial score (nSPS) is 11.2. The minimum Gasteiger partial charge on any atom is -0.356 e. The summed E-state index contributed by atoms with van der Waals surface area (Å²) in [6.07, 6.45) is 4.89. The van der Waals surface area contributed by atoms with E-state index in [0.717, 1.165) is 25.8 Å². The van der Waals surface area contributed by atoms with Crippen molar-refractivity contribution in [3.8, 4) is 0 Å². The van der Waals surface area contributed by atoms with Crippen LogP contribution in [0, 0.1) is 0 Å². The van der Waals surface area contributed by atoms with Gasteiger partial charge < -0.3 is 11.1 Å². The molecule has 6 nitrogen and oxygen atoms in total. The minimum atomic E-state index is -0.654. The minimum absolute atomic E-state index is 0.274. The molecule has 7 heteroatoms. The molecule has 0 aliphatic rings. The van der Waals surface area contributed by atoms with E-state index in [4.69, 9.17) is 17.3 Å². The van der Waals surface area contributed by atoms with Crippen LogP contribution < -0.4 is 16.4 Å². The fraction of sp³-hybridized carbons (Fsp3) is 0.462. The predicted molar refractivity (Wildman–Crippen MR) is 80.6 cm³/mol. The summed E-state index contributed by atoms with van der Waals surface area (Å²) >= 11 is 5.99. The van der Waals surface area contributed by atoms with Crippen molar-refractivity contribution in [2.75, 3.05) is 6.54 Å². The highest BCUT2D eigenvalue weighted by molar-refractivity contribution is 6.31. The molecule has 0 radical (unpaired) electrons. The molecule has 0 aromatic carbocycles. The van der Waals surface area contributed by atoms with Gasteiger partial charge >= 0.3 is 6.03 Å². The highest BCUT2D eigenvalue weighted by Gasteiger charge is 2.03. The molecule has 0 spiro atoms. The van der Waals surface area contributed by atoms with Crippen LogP contribution in [0.3, 0.4) is 0 Å². The molecule has 1 heterocycles. The molecule has 0 saturated heterocycles. The first-order chi connectivity index (χ1) is 9.63. The van der Waals surface area contributed by atoms with Crippen LogP contribution in [0.2, 0.25) is 5.02 Å². The third-order valence-corrected chi connectivity index (χ3v) is 2.88. The van der Waals surface area contributed by atoms with Gasteiger partial charge in [0.25, 0.3) is 0 Å². The summed E-state index contributed by atoms with van der Waals surface area (Å²) in [5.41, 5.74) is 5.76. The SMILES string of the molecule is CCCCCNC(=NCc1ncccc1Cl)NC(N)=O. The number of guanidine groups is 1. The van der Waals surface area contributed by atoms with E-state index < -0.39 is 6.03 Å². The number of aliphatic imine (C=N–C) groups is 1. The molecule has 2 amide bonds. The maximum Gasteiger partial charge on any atom is 0.318 e. The summed E-state index contributed by atoms with van der Waals surface area (Å²) in [5, 5.41) is 6.04. The number of nitrogens with two attached hydrogens (primary N) is 1. The van der Waals surface area contributed by atoms with E-state index in [1.165, 1.54) is 0 Å². The Hall–Kier alpha value is -1.82. The van der Waals surface area contributed by atoms with Crippen molar-refractivity contribution in [1.82, 2.24) is 15.6 Å². The van der Waals surface area contributed by atoms with Crippen molar-refractivity contribution in [1.29, 1.82) is 0 Å². The van der Waals surface area contributed by atoms with Crippen LogP contribution >= 0.6 is 11.6 Å². The number of rotatable bonds is 6. The molecule has 110 valence electrons. The number of aromatic nitrogens is 1. The zero-order valence-electron chi connectivity index (χ0n) is 11.5. The number of halogens is 1. The van der Waals surface area contributed by atoms with E-state index in [9.17, 15) is 4.79 Å². The first-order valence-electron chi connectivity index (χ1n) is 6.57. The van der Waals surface area contributed by atoms with Crippen LogP contribution in [-0.2, 0) is 6.54 Å². The molecule has 0 atom stereocenters. The van der Waals surface area contributed by atoms with Gasteiger partial charge in [0.05, 0.1) is 17.3 Å². The van der Waals surface area contributed by atoms with Gasteiger partial charge in [-0.2, -0.15) is 0 Å². The number of amides is 2. The summed E-state index contributed by atoms with van der Waals surface area (Å²) in [7, 11) is 0. The molecule has 0 saturated carbocycles. The fourth-order valence-corrected chi connectivity index (χ4v) is 1.71. The third-order valence-electron chi connectivity index (χ3n) is 2.54. The molecule has 0 unspecified atom stereocenters. The Morgan fingerprint density at radius 3 is 2.95 bits per heavy atom. The number of carbonyl (C=O) groups is 1. The van der Waals surface area contributed by atoms with Gasteiger partial charge in [-0.3, -0.25) is 10.3 Å². The number of nitrogens with zero attached hydrogens (tertiary/aromatic N) is 2. The van der Waals surface area contributed by atoms with E-state index in [1.54, 1.807) is 18.3 Å². The molecular weight excluding hydrogens is 278 g/mol. The lowest BCUT2D eigenvalue weighted by atomic mass is 10.2. The number of hydrogen-bond acceptors (Lipinski definition) is 3. The van der Waals surface area contributed by atoms with Gasteiger partial charge in [0, 0.05) is 12.7 Å². The number of primary amides is 1. The van der Waals surface area contributed by atoms with E-state index in [2.05, 4.69) is 27.5 Å². The maximum absolute atomic E-state index is 10.9. The number of urea groups is 1. The van der Waals surface area contributed by atoms with Gasteiger partial charge in [-0.1, -0.05) is 31.4 Å². The second-order valence-electron chi connectivity index (χ2n) is 4.22. The smallest absolute Gasteiger partial charge is 0.318 e. The monoisotopic (exact) mass is 297 g/mol. The molecule has 1 aromatic heterocycles. The molecule has 0 aliphatic heterocycles. The Balaban J connectivity index is 2.59. The van der Waals surface area contributed by atoms with Crippen molar-refractivity contribution < 1.29 is 4.79 Å². The van der Waals surface area contributed by atoms with Crippen LogP contribution in [0.1, 0.15) is 31.9 Å². The van der Waals surface area contributed by atoms with Gasteiger partial charge in [0.2, 0.25) is 0 Å².